The van der Waals surface area contributed by atoms with Crippen molar-refractivity contribution in [2.24, 2.45) is 0 Å². The first-order valence-electron chi connectivity index (χ1n) is 12.8. The van der Waals surface area contributed by atoms with Crippen LogP contribution in [0.2, 0.25) is 15.1 Å². The summed E-state index contributed by atoms with van der Waals surface area (Å²) < 4.78 is 28.8. The third kappa shape index (κ3) is 7.91. The highest BCUT2D eigenvalue weighted by atomic mass is 35.5. The van der Waals surface area contributed by atoms with Crippen LogP contribution in [-0.2, 0) is 26.2 Å². The number of nitrogens with one attached hydrogen (secondary N) is 1. The van der Waals surface area contributed by atoms with E-state index in [9.17, 15) is 18.0 Å². The minimum atomic E-state index is -4.19. The molecule has 0 aliphatic heterocycles. The van der Waals surface area contributed by atoms with Crippen molar-refractivity contribution in [3.8, 4) is 0 Å². The molecule has 1 atom stereocenters. The van der Waals surface area contributed by atoms with Crippen LogP contribution in [0.15, 0.2) is 71.6 Å². The molecule has 0 fully saturated rings. The van der Waals surface area contributed by atoms with E-state index >= 15 is 0 Å². The van der Waals surface area contributed by atoms with Crippen LogP contribution in [0.25, 0.3) is 0 Å². The molecule has 3 aromatic rings. The Morgan fingerprint density at radius 2 is 1.60 bits per heavy atom. The molecular weight excluding hydrogens is 593 g/mol. The predicted octanol–water partition coefficient (Wildman–Crippen LogP) is 6.48. The Morgan fingerprint density at radius 3 is 2.25 bits per heavy atom. The minimum Gasteiger partial charge on any atom is -0.354 e. The maximum absolute atomic E-state index is 14.0. The van der Waals surface area contributed by atoms with Gasteiger partial charge in [-0.2, -0.15) is 0 Å². The molecule has 3 rings (SSSR count). The number of halogens is 3. The molecule has 214 valence electrons. The normalized spacial score (nSPS) is 12.1. The fourth-order valence-corrected chi connectivity index (χ4v) is 6.16. The lowest BCUT2D eigenvalue weighted by Crippen LogP contribution is -2.51. The summed E-state index contributed by atoms with van der Waals surface area (Å²) in [4.78, 5) is 28.4. The van der Waals surface area contributed by atoms with Crippen molar-refractivity contribution >= 4 is 62.3 Å². The molecule has 0 unspecified atom stereocenters. The summed E-state index contributed by atoms with van der Waals surface area (Å²) in [5.74, 6) is -0.952. The molecule has 0 radical (unpaired) electrons. The summed E-state index contributed by atoms with van der Waals surface area (Å²) in [6, 6.07) is 16.6. The predicted molar refractivity (Wildman–Crippen MR) is 162 cm³/mol. The van der Waals surface area contributed by atoms with Gasteiger partial charge in [0.25, 0.3) is 10.0 Å². The lowest BCUT2D eigenvalue weighted by molar-refractivity contribution is -0.139. The fraction of sp³-hybridized carbons (Fsp3) is 0.310. The molecule has 0 spiro atoms. The molecule has 0 aliphatic rings. The number of sulfonamides is 1. The second kappa shape index (κ2) is 14.2. The molecule has 0 heterocycles. The van der Waals surface area contributed by atoms with E-state index in [4.69, 9.17) is 34.8 Å². The average Bonchev–Trinajstić information content (AvgIpc) is 2.92. The Labute approximate surface area is 251 Å². The zero-order valence-corrected chi connectivity index (χ0v) is 25.6. The van der Waals surface area contributed by atoms with Gasteiger partial charge in [-0.05, 0) is 67.8 Å². The van der Waals surface area contributed by atoms with Gasteiger partial charge in [-0.3, -0.25) is 13.9 Å². The number of rotatable bonds is 12. The number of unbranched alkanes of at least 4 members (excludes halogenated alkanes) is 1. The summed E-state index contributed by atoms with van der Waals surface area (Å²) in [7, 11) is -4.19. The highest BCUT2D eigenvalue weighted by Crippen LogP contribution is 2.30. The lowest BCUT2D eigenvalue weighted by atomic mass is 10.1. The molecule has 0 bridgehead atoms. The van der Waals surface area contributed by atoms with Crippen LogP contribution in [0.5, 0.6) is 0 Å². The van der Waals surface area contributed by atoms with E-state index < -0.39 is 28.5 Å². The topological polar surface area (TPSA) is 86.8 Å². The number of hydrogen-bond acceptors (Lipinski definition) is 4. The van der Waals surface area contributed by atoms with Crippen LogP contribution < -0.4 is 9.62 Å². The molecule has 2 amide bonds. The Bertz CT molecular complexity index is 1450. The first-order valence-corrected chi connectivity index (χ1v) is 15.4. The van der Waals surface area contributed by atoms with Gasteiger partial charge in [-0.15, -0.1) is 0 Å². The average molecular weight is 625 g/mol. The molecule has 11 heteroatoms. The van der Waals surface area contributed by atoms with Gasteiger partial charge in [0, 0.05) is 28.2 Å². The number of benzene rings is 3. The quantitative estimate of drug-likeness (QED) is 0.234. The van der Waals surface area contributed by atoms with Crippen molar-refractivity contribution in [3.63, 3.8) is 0 Å². The van der Waals surface area contributed by atoms with Crippen molar-refractivity contribution in [2.75, 3.05) is 17.4 Å². The third-order valence-corrected chi connectivity index (χ3v) is 9.00. The van der Waals surface area contributed by atoms with Crippen molar-refractivity contribution < 1.29 is 18.0 Å². The fourth-order valence-electron chi connectivity index (χ4n) is 4.04. The Morgan fingerprint density at radius 1 is 0.950 bits per heavy atom. The van der Waals surface area contributed by atoms with E-state index in [1.165, 1.54) is 23.1 Å². The molecule has 0 aliphatic carbocycles. The van der Waals surface area contributed by atoms with Crippen molar-refractivity contribution in [1.82, 2.24) is 10.2 Å². The van der Waals surface area contributed by atoms with Crippen molar-refractivity contribution in [2.45, 2.75) is 51.1 Å². The number of aryl methyl sites for hydroxylation is 1. The van der Waals surface area contributed by atoms with Gasteiger partial charge in [0.15, 0.2) is 0 Å². The van der Waals surface area contributed by atoms with Crippen LogP contribution in [0.1, 0.15) is 37.8 Å². The van der Waals surface area contributed by atoms with Gasteiger partial charge in [-0.1, -0.05) is 78.5 Å². The van der Waals surface area contributed by atoms with Gasteiger partial charge in [0.1, 0.15) is 12.6 Å². The molecule has 0 saturated heterocycles. The first-order chi connectivity index (χ1) is 18.9. The third-order valence-electron chi connectivity index (χ3n) is 6.40. The number of amides is 2. The highest BCUT2D eigenvalue weighted by molar-refractivity contribution is 7.92. The summed E-state index contributed by atoms with van der Waals surface area (Å²) in [6.45, 7) is 5.19. The molecule has 0 saturated carbocycles. The maximum atomic E-state index is 14.0. The summed E-state index contributed by atoms with van der Waals surface area (Å²) >= 11 is 18.7. The summed E-state index contributed by atoms with van der Waals surface area (Å²) in [6.07, 6.45) is 1.68. The molecular formula is C29H32Cl3N3O4S. The minimum absolute atomic E-state index is 0.0137. The highest BCUT2D eigenvalue weighted by Gasteiger charge is 2.33. The Balaban J connectivity index is 2.05. The maximum Gasteiger partial charge on any atom is 0.264 e. The zero-order chi connectivity index (χ0) is 29.4. The van der Waals surface area contributed by atoms with E-state index in [-0.39, 0.29) is 23.0 Å². The second-order valence-electron chi connectivity index (χ2n) is 9.33. The van der Waals surface area contributed by atoms with Crippen molar-refractivity contribution in [3.05, 3.63) is 92.9 Å². The second-order valence-corrected chi connectivity index (χ2v) is 12.5. The molecule has 0 aromatic heterocycles. The van der Waals surface area contributed by atoms with Crippen LogP contribution in [0.4, 0.5) is 5.69 Å². The largest absolute Gasteiger partial charge is 0.354 e. The lowest BCUT2D eigenvalue weighted by Gasteiger charge is -2.32. The number of carbonyl (C=O) groups is 2. The Kier molecular flexibility index (Phi) is 11.3. The van der Waals surface area contributed by atoms with Crippen LogP contribution in [0.3, 0.4) is 0 Å². The van der Waals surface area contributed by atoms with E-state index in [2.05, 4.69) is 5.32 Å². The molecule has 1 N–H and O–H groups in total. The van der Waals surface area contributed by atoms with Crippen LogP contribution in [0, 0.1) is 6.92 Å². The van der Waals surface area contributed by atoms with E-state index in [1.54, 1.807) is 62.4 Å². The van der Waals surface area contributed by atoms with E-state index in [0.717, 1.165) is 17.1 Å². The van der Waals surface area contributed by atoms with E-state index in [1.807, 2.05) is 6.92 Å². The van der Waals surface area contributed by atoms with Gasteiger partial charge in [0.05, 0.1) is 10.6 Å². The molecule has 3 aromatic carbocycles. The summed E-state index contributed by atoms with van der Waals surface area (Å²) in [5.41, 5.74) is 1.42. The van der Waals surface area contributed by atoms with Gasteiger partial charge < -0.3 is 10.2 Å². The van der Waals surface area contributed by atoms with Gasteiger partial charge >= 0.3 is 0 Å². The Hall–Kier alpha value is -2.78. The first kappa shape index (κ1) is 31.7. The smallest absolute Gasteiger partial charge is 0.264 e. The van der Waals surface area contributed by atoms with Gasteiger partial charge in [0.2, 0.25) is 11.8 Å². The number of carbonyl (C=O) groups excluding carboxylic acids is 2. The number of anilines is 1. The van der Waals surface area contributed by atoms with Crippen molar-refractivity contribution in [1.29, 1.82) is 0 Å². The number of hydrogen-bond donors (Lipinski definition) is 1. The van der Waals surface area contributed by atoms with Gasteiger partial charge in [-0.25, -0.2) is 8.42 Å². The van der Waals surface area contributed by atoms with E-state index in [0.29, 0.717) is 32.7 Å². The van der Waals surface area contributed by atoms with Crippen LogP contribution in [-0.4, -0.2) is 44.3 Å². The number of nitrogens with zero attached hydrogens (tertiary/aromatic N) is 2. The molecule has 7 nitrogen and oxygen atoms in total. The van der Waals surface area contributed by atoms with Crippen LogP contribution >= 0.6 is 34.8 Å². The zero-order valence-electron chi connectivity index (χ0n) is 22.5. The summed E-state index contributed by atoms with van der Waals surface area (Å²) in [5, 5.41) is 3.91. The monoisotopic (exact) mass is 623 g/mol. The standard InChI is InChI=1S/C29H32Cl3N3O4S/c1-4-5-15-33-29(37)21(3)34(18-22-12-14-23(30)16-26(22)32)28(36)19-35(27-17-24(31)13-11-20(27)2)40(38,39)25-9-7-6-8-10-25/h6-14,16-17,21H,4-5,15,18-19H2,1-3H3,(H,33,37)/t21-/m1/s1. The molecule has 40 heavy (non-hydrogen) atoms. The SMILES string of the molecule is CCCCNC(=O)[C@@H](C)N(Cc1ccc(Cl)cc1Cl)C(=O)CN(c1cc(Cl)ccc1C)S(=O)(=O)c1ccccc1.